The standard InChI is InChI=1S/C14H21N3O/c1-4-13-9-17(6-5-16(13)3)14-11(2)7-12(10-18)8-15-14/h7-8,10,13H,4-6,9H2,1-3H3. The number of carbonyl (C=O) groups is 1. The monoisotopic (exact) mass is 247 g/mol. The molecule has 0 aliphatic carbocycles. The molecule has 0 bridgehead atoms. The van der Waals surface area contributed by atoms with Crippen molar-refractivity contribution in [3.8, 4) is 0 Å². The summed E-state index contributed by atoms with van der Waals surface area (Å²) in [5.41, 5.74) is 1.73. The average Bonchev–Trinajstić information content (AvgIpc) is 2.39. The van der Waals surface area contributed by atoms with Gasteiger partial charge in [0.25, 0.3) is 0 Å². The molecular formula is C14H21N3O. The molecule has 4 heteroatoms. The number of rotatable bonds is 3. The highest BCUT2D eigenvalue weighted by Crippen LogP contribution is 2.21. The van der Waals surface area contributed by atoms with Crippen LogP contribution in [0.3, 0.4) is 0 Å². The third kappa shape index (κ3) is 2.53. The molecule has 1 aliphatic heterocycles. The van der Waals surface area contributed by atoms with Crippen LogP contribution in [0.25, 0.3) is 0 Å². The zero-order valence-electron chi connectivity index (χ0n) is 11.4. The van der Waals surface area contributed by atoms with Gasteiger partial charge in [0.15, 0.2) is 6.29 Å². The number of piperazine rings is 1. The molecule has 1 saturated heterocycles. The van der Waals surface area contributed by atoms with Crippen LogP contribution in [0.1, 0.15) is 29.3 Å². The van der Waals surface area contributed by atoms with Gasteiger partial charge in [-0.3, -0.25) is 9.69 Å². The van der Waals surface area contributed by atoms with Crippen LogP contribution in [0, 0.1) is 6.92 Å². The first-order valence-corrected chi connectivity index (χ1v) is 6.52. The van der Waals surface area contributed by atoms with E-state index in [1.807, 2.05) is 13.0 Å². The lowest BCUT2D eigenvalue weighted by atomic mass is 10.1. The van der Waals surface area contributed by atoms with Gasteiger partial charge in [0.2, 0.25) is 0 Å². The van der Waals surface area contributed by atoms with Crippen LogP contribution in [0.4, 0.5) is 5.82 Å². The van der Waals surface area contributed by atoms with Gasteiger partial charge in [-0.25, -0.2) is 4.98 Å². The second kappa shape index (κ2) is 5.48. The number of hydrogen-bond donors (Lipinski definition) is 0. The van der Waals surface area contributed by atoms with E-state index in [9.17, 15) is 4.79 Å². The fourth-order valence-electron chi connectivity index (χ4n) is 2.56. The lowest BCUT2D eigenvalue weighted by Crippen LogP contribution is -2.51. The van der Waals surface area contributed by atoms with E-state index in [-0.39, 0.29) is 0 Å². The van der Waals surface area contributed by atoms with Crippen LogP contribution in [-0.4, -0.2) is 48.9 Å². The molecule has 18 heavy (non-hydrogen) atoms. The first-order chi connectivity index (χ1) is 8.65. The zero-order chi connectivity index (χ0) is 13.1. The zero-order valence-corrected chi connectivity index (χ0v) is 11.4. The highest BCUT2D eigenvalue weighted by Gasteiger charge is 2.24. The van der Waals surface area contributed by atoms with Crippen LogP contribution >= 0.6 is 0 Å². The van der Waals surface area contributed by atoms with Crippen molar-refractivity contribution in [3.05, 3.63) is 23.4 Å². The number of anilines is 1. The van der Waals surface area contributed by atoms with Crippen LogP contribution in [0.2, 0.25) is 0 Å². The van der Waals surface area contributed by atoms with Crippen molar-refractivity contribution in [2.45, 2.75) is 26.3 Å². The maximum atomic E-state index is 10.7. The number of nitrogens with zero attached hydrogens (tertiary/aromatic N) is 3. The second-order valence-electron chi connectivity index (χ2n) is 5.02. The molecule has 2 rings (SSSR count). The molecule has 1 atom stereocenters. The Labute approximate surface area is 109 Å². The molecule has 0 saturated carbocycles. The molecule has 1 fully saturated rings. The van der Waals surface area contributed by atoms with E-state index in [4.69, 9.17) is 0 Å². The van der Waals surface area contributed by atoms with E-state index < -0.39 is 0 Å². The largest absolute Gasteiger partial charge is 0.354 e. The van der Waals surface area contributed by atoms with Crippen molar-refractivity contribution < 1.29 is 4.79 Å². The lowest BCUT2D eigenvalue weighted by molar-refractivity contribution is 0.112. The second-order valence-corrected chi connectivity index (χ2v) is 5.02. The third-order valence-electron chi connectivity index (χ3n) is 3.76. The van der Waals surface area contributed by atoms with E-state index in [1.165, 1.54) is 0 Å². The number of aldehydes is 1. The minimum Gasteiger partial charge on any atom is -0.354 e. The van der Waals surface area contributed by atoms with Gasteiger partial charge in [0.05, 0.1) is 0 Å². The lowest BCUT2D eigenvalue weighted by Gasteiger charge is -2.40. The Hall–Kier alpha value is -1.42. The summed E-state index contributed by atoms with van der Waals surface area (Å²) in [4.78, 5) is 19.9. The Balaban J connectivity index is 2.19. The van der Waals surface area contributed by atoms with Gasteiger partial charge >= 0.3 is 0 Å². The Morgan fingerprint density at radius 1 is 1.50 bits per heavy atom. The topological polar surface area (TPSA) is 36.4 Å². The smallest absolute Gasteiger partial charge is 0.151 e. The van der Waals surface area contributed by atoms with E-state index in [1.54, 1.807) is 6.20 Å². The Bertz CT molecular complexity index is 433. The fraction of sp³-hybridized carbons (Fsp3) is 0.571. The van der Waals surface area contributed by atoms with Crippen molar-refractivity contribution in [1.29, 1.82) is 0 Å². The SMILES string of the molecule is CCC1CN(c2ncc(C=O)cc2C)CCN1C. The molecule has 0 radical (unpaired) electrons. The Morgan fingerprint density at radius 2 is 2.28 bits per heavy atom. The number of hydrogen-bond acceptors (Lipinski definition) is 4. The van der Waals surface area contributed by atoms with Crippen LogP contribution in [-0.2, 0) is 0 Å². The normalized spacial score (nSPS) is 21.1. The van der Waals surface area contributed by atoms with Crippen molar-refractivity contribution >= 4 is 12.1 Å². The van der Waals surface area contributed by atoms with Crippen molar-refractivity contribution in [1.82, 2.24) is 9.88 Å². The van der Waals surface area contributed by atoms with Crippen molar-refractivity contribution in [3.63, 3.8) is 0 Å². The number of aryl methyl sites for hydroxylation is 1. The summed E-state index contributed by atoms with van der Waals surface area (Å²) in [7, 11) is 2.18. The Morgan fingerprint density at radius 3 is 2.89 bits per heavy atom. The molecule has 0 amide bonds. The first-order valence-electron chi connectivity index (χ1n) is 6.52. The summed E-state index contributed by atoms with van der Waals surface area (Å²) >= 11 is 0. The molecule has 0 N–H and O–H groups in total. The molecule has 1 aromatic heterocycles. The molecule has 1 aromatic rings. The van der Waals surface area contributed by atoms with Gasteiger partial charge in [-0.2, -0.15) is 0 Å². The summed E-state index contributed by atoms with van der Waals surface area (Å²) in [5.74, 6) is 1.02. The fourth-order valence-corrected chi connectivity index (χ4v) is 2.56. The van der Waals surface area contributed by atoms with Gasteiger partial charge in [0.1, 0.15) is 5.82 Å². The summed E-state index contributed by atoms with van der Waals surface area (Å²) in [6.45, 7) is 7.33. The maximum Gasteiger partial charge on any atom is 0.151 e. The van der Waals surface area contributed by atoms with Gasteiger partial charge in [-0.15, -0.1) is 0 Å². The molecule has 0 aromatic carbocycles. The minimum absolute atomic E-state index is 0.589. The molecule has 0 spiro atoms. The molecule has 2 heterocycles. The number of pyridine rings is 1. The highest BCUT2D eigenvalue weighted by atomic mass is 16.1. The molecule has 1 unspecified atom stereocenters. The number of likely N-dealkylation sites (N-methyl/N-ethyl adjacent to an activating group) is 1. The van der Waals surface area contributed by atoms with Crippen LogP contribution in [0.5, 0.6) is 0 Å². The summed E-state index contributed by atoms with van der Waals surface area (Å²) in [6.07, 6.45) is 3.66. The van der Waals surface area contributed by atoms with Gasteiger partial charge < -0.3 is 4.90 Å². The average molecular weight is 247 g/mol. The minimum atomic E-state index is 0.589. The number of carbonyl (C=O) groups excluding carboxylic acids is 1. The van der Waals surface area contributed by atoms with Crippen LogP contribution in [0.15, 0.2) is 12.3 Å². The number of aromatic nitrogens is 1. The predicted molar refractivity (Wildman–Crippen MR) is 73.3 cm³/mol. The molecular weight excluding hydrogens is 226 g/mol. The maximum absolute atomic E-state index is 10.7. The van der Waals surface area contributed by atoms with Gasteiger partial charge in [-0.05, 0) is 32.0 Å². The van der Waals surface area contributed by atoms with Crippen molar-refractivity contribution in [2.24, 2.45) is 0 Å². The molecule has 1 aliphatic rings. The van der Waals surface area contributed by atoms with E-state index in [2.05, 4.69) is 28.8 Å². The van der Waals surface area contributed by atoms with Gasteiger partial charge in [-0.1, -0.05) is 6.92 Å². The first kappa shape index (κ1) is 13.0. The highest BCUT2D eigenvalue weighted by molar-refractivity contribution is 5.75. The van der Waals surface area contributed by atoms with Crippen LogP contribution < -0.4 is 4.90 Å². The van der Waals surface area contributed by atoms with E-state index in [0.29, 0.717) is 11.6 Å². The Kier molecular flexibility index (Phi) is 3.97. The van der Waals surface area contributed by atoms with Crippen molar-refractivity contribution in [2.75, 3.05) is 31.6 Å². The molecule has 4 nitrogen and oxygen atoms in total. The quantitative estimate of drug-likeness (QED) is 0.762. The van der Waals surface area contributed by atoms with Gasteiger partial charge in [0, 0.05) is 37.4 Å². The molecule has 98 valence electrons. The summed E-state index contributed by atoms with van der Waals surface area (Å²) in [5, 5.41) is 0. The third-order valence-corrected chi connectivity index (χ3v) is 3.76. The van der Waals surface area contributed by atoms with E-state index >= 15 is 0 Å². The summed E-state index contributed by atoms with van der Waals surface area (Å²) < 4.78 is 0. The predicted octanol–water partition coefficient (Wildman–Crippen LogP) is 1.73. The van der Waals surface area contributed by atoms with E-state index in [0.717, 1.165) is 43.7 Å². The summed E-state index contributed by atoms with van der Waals surface area (Å²) in [6, 6.07) is 2.50.